The van der Waals surface area contributed by atoms with Crippen LogP contribution in [0.1, 0.15) is 55.5 Å². The monoisotopic (exact) mass is 1670 g/mol. The molecule has 0 saturated carbocycles. The first kappa shape index (κ1) is 77.0. The van der Waals surface area contributed by atoms with E-state index in [2.05, 4.69) is 509 Å². The van der Waals surface area contributed by atoms with Crippen molar-refractivity contribution in [2.45, 2.75) is 45.4 Å². The number of aryl methyl sites for hydroxylation is 1. The highest BCUT2D eigenvalue weighted by Gasteiger charge is 2.38. The molecule has 0 saturated heterocycles. The summed E-state index contributed by atoms with van der Waals surface area (Å²) in [6, 6.07) is 168. The molecule has 2 aromatic heterocycles. The van der Waals surface area contributed by atoms with Gasteiger partial charge < -0.3 is 18.9 Å². The average Bonchev–Trinajstić information content (AvgIpc) is 1.70. The molecule has 0 spiro atoms. The Bertz CT molecular complexity index is 8620. The molecule has 0 amide bonds. The van der Waals surface area contributed by atoms with Crippen LogP contribution in [0.3, 0.4) is 0 Å². The van der Waals surface area contributed by atoms with Gasteiger partial charge in [-0.05, 0) is 271 Å². The summed E-state index contributed by atoms with van der Waals surface area (Å²) < 4.78 is 4.77. The van der Waals surface area contributed by atoms with Gasteiger partial charge in [0.05, 0.1) is 33.4 Å². The van der Waals surface area contributed by atoms with E-state index in [4.69, 9.17) is 0 Å². The second-order valence-corrected chi connectivity index (χ2v) is 36.5. The van der Waals surface area contributed by atoms with Gasteiger partial charge >= 0.3 is 0 Å². The summed E-state index contributed by atoms with van der Waals surface area (Å²) in [5.41, 5.74) is 35.9. The van der Waals surface area contributed by atoms with Gasteiger partial charge in [-0.25, -0.2) is 0 Å². The first-order valence-corrected chi connectivity index (χ1v) is 45.8. The third-order valence-electron chi connectivity index (χ3n) is 28.6. The molecule has 0 atom stereocenters. The van der Waals surface area contributed by atoms with E-state index in [0.717, 1.165) is 45.5 Å². The third-order valence-corrected chi connectivity index (χ3v) is 28.6. The lowest BCUT2D eigenvalue weighted by Gasteiger charge is -2.28. The quantitative estimate of drug-likeness (QED) is 0.113. The Kier molecular flexibility index (Phi) is 17.9. The highest BCUT2D eigenvalue weighted by Crippen LogP contribution is 2.57. The molecule has 0 aliphatic heterocycles. The lowest BCUT2D eigenvalue weighted by Crippen LogP contribution is -2.14. The number of anilines is 6. The Morgan fingerprint density at radius 1 is 0.183 bits per heavy atom. The van der Waals surface area contributed by atoms with Crippen molar-refractivity contribution in [2.75, 3.05) is 9.80 Å². The van der Waals surface area contributed by atoms with Crippen LogP contribution in [0.2, 0.25) is 0 Å². The van der Waals surface area contributed by atoms with Crippen LogP contribution in [0.15, 0.2) is 455 Å². The van der Waals surface area contributed by atoms with Crippen molar-refractivity contribution in [3.8, 4) is 78.1 Å². The van der Waals surface area contributed by atoms with Crippen molar-refractivity contribution >= 4 is 142 Å². The maximum absolute atomic E-state index is 2.48. The van der Waals surface area contributed by atoms with Crippen LogP contribution < -0.4 is 9.80 Å². The zero-order chi connectivity index (χ0) is 87.3. The summed E-state index contributed by atoms with van der Waals surface area (Å²) in [5.74, 6) is 0. The first-order valence-electron chi connectivity index (χ1n) is 45.8. The lowest BCUT2D eigenvalue weighted by molar-refractivity contribution is 0.660. The predicted molar refractivity (Wildman–Crippen MR) is 558 cm³/mol. The standard InChI is InChI=1S/C64H46N2.C63H44N2/c1-41-29-35-55-56(39-41)62(42-30-36-48-47-20-11-14-26-57(47)64(2,3)58(48)40-42)52-24-9-10-25-53(52)63(55)54-37-38-61(49-21-8-7-19-46(49)54)65(43-17-5-4-6-18-43)44-31-33-45(34-32-44)66-59-27-15-12-22-50(59)51-23-13-16-28-60(51)66;1-63(2)56-29-15-12-21-46(56)47-37-32-41(40-57(47)63)61-51-25-8-10-27-53(51)62(54-28-11-9-26-52(54)61)55-38-39-60(48-22-7-6-20-45(48)55)64(42-18-4-3-5-19-42)43-33-35-44(36-34-43)65-58-30-16-13-23-49(58)50-24-14-17-31-59(50)65/h4-40H,1-3H3;3-40H,1-2H3. The minimum absolute atomic E-state index is 0.0871. The molecule has 0 unspecified atom stereocenters. The number of para-hydroxylation sites is 6. The van der Waals surface area contributed by atoms with Crippen molar-refractivity contribution in [3.05, 3.63) is 483 Å². The fourth-order valence-corrected chi connectivity index (χ4v) is 22.6. The summed E-state index contributed by atoms with van der Waals surface area (Å²) in [4.78, 5) is 4.83. The van der Waals surface area contributed by atoms with E-state index in [-0.39, 0.29) is 10.8 Å². The molecule has 26 rings (SSSR count). The highest BCUT2D eigenvalue weighted by atomic mass is 15.2. The van der Waals surface area contributed by atoms with Gasteiger partial charge in [-0.1, -0.05) is 367 Å². The van der Waals surface area contributed by atoms with E-state index >= 15 is 0 Å². The third kappa shape index (κ3) is 12.1. The lowest BCUT2D eigenvalue weighted by atomic mass is 9.80. The van der Waals surface area contributed by atoms with Crippen molar-refractivity contribution in [2.24, 2.45) is 0 Å². The van der Waals surface area contributed by atoms with E-state index < -0.39 is 0 Å². The summed E-state index contributed by atoms with van der Waals surface area (Å²) in [5, 5.41) is 20.0. The molecular formula is C127H90N4. The van der Waals surface area contributed by atoms with Gasteiger partial charge in [-0.3, -0.25) is 0 Å². The number of fused-ring (bicyclic) bond motifs is 18. The normalized spacial score (nSPS) is 12.9. The molecule has 4 heteroatoms. The van der Waals surface area contributed by atoms with Crippen LogP contribution in [-0.4, -0.2) is 9.13 Å². The second kappa shape index (κ2) is 30.4. The maximum Gasteiger partial charge on any atom is 0.0541 e. The van der Waals surface area contributed by atoms with Crippen LogP contribution in [0.25, 0.3) is 186 Å². The van der Waals surface area contributed by atoms with E-state index in [1.165, 1.54) is 203 Å². The van der Waals surface area contributed by atoms with Crippen molar-refractivity contribution in [1.29, 1.82) is 0 Å². The van der Waals surface area contributed by atoms with E-state index in [1.807, 2.05) is 0 Å². The number of benzene rings is 22. The van der Waals surface area contributed by atoms with Crippen LogP contribution in [-0.2, 0) is 10.8 Å². The van der Waals surface area contributed by atoms with Gasteiger partial charge in [-0.15, -0.1) is 0 Å². The van der Waals surface area contributed by atoms with Crippen molar-refractivity contribution in [3.63, 3.8) is 0 Å². The van der Waals surface area contributed by atoms with Crippen LogP contribution in [0.5, 0.6) is 0 Å². The van der Waals surface area contributed by atoms with Gasteiger partial charge in [0, 0.05) is 77.3 Å². The van der Waals surface area contributed by atoms with Crippen molar-refractivity contribution in [1.82, 2.24) is 9.13 Å². The summed E-state index contributed by atoms with van der Waals surface area (Å²) in [7, 11) is 0. The summed E-state index contributed by atoms with van der Waals surface area (Å²) >= 11 is 0. The van der Waals surface area contributed by atoms with Gasteiger partial charge in [0.25, 0.3) is 0 Å². The molecule has 0 radical (unpaired) electrons. The smallest absolute Gasteiger partial charge is 0.0541 e. The minimum Gasteiger partial charge on any atom is -0.310 e. The summed E-state index contributed by atoms with van der Waals surface area (Å²) in [6.07, 6.45) is 0. The Labute approximate surface area is 762 Å². The van der Waals surface area contributed by atoms with E-state index in [0.29, 0.717) is 0 Å². The Morgan fingerprint density at radius 2 is 0.458 bits per heavy atom. The molecule has 24 aromatic rings. The Morgan fingerprint density at radius 3 is 0.832 bits per heavy atom. The number of hydrogen-bond acceptors (Lipinski definition) is 2. The Hall–Kier alpha value is -16.4. The first-order chi connectivity index (χ1) is 64.5. The number of nitrogens with zero attached hydrogens (tertiary/aromatic N) is 4. The van der Waals surface area contributed by atoms with Crippen molar-refractivity contribution < 1.29 is 0 Å². The molecule has 0 fully saturated rings. The van der Waals surface area contributed by atoms with Crippen LogP contribution in [0.4, 0.5) is 34.1 Å². The van der Waals surface area contributed by atoms with Crippen LogP contribution >= 0.6 is 0 Å². The largest absolute Gasteiger partial charge is 0.310 e. The zero-order valence-corrected chi connectivity index (χ0v) is 73.6. The number of hydrogen-bond donors (Lipinski definition) is 0. The molecule has 22 aromatic carbocycles. The molecular weight excluding hydrogens is 1580 g/mol. The van der Waals surface area contributed by atoms with Gasteiger partial charge in [-0.2, -0.15) is 0 Å². The molecule has 4 nitrogen and oxygen atoms in total. The minimum atomic E-state index is -0.0912. The molecule has 618 valence electrons. The van der Waals surface area contributed by atoms with Gasteiger partial charge in [0.15, 0.2) is 0 Å². The van der Waals surface area contributed by atoms with Crippen LogP contribution in [0, 0.1) is 6.92 Å². The number of aromatic nitrogens is 2. The molecule has 2 aliphatic carbocycles. The predicted octanol–water partition coefficient (Wildman–Crippen LogP) is 35.0. The number of rotatable bonds is 12. The zero-order valence-electron chi connectivity index (χ0n) is 73.6. The van der Waals surface area contributed by atoms with E-state index in [9.17, 15) is 0 Å². The highest BCUT2D eigenvalue weighted by molar-refractivity contribution is 6.27. The second-order valence-electron chi connectivity index (χ2n) is 36.5. The SMILES string of the molecule is CC1(C)c2ccccc2-c2ccc(-c3c4ccccc4c(-c4ccc(N(c5ccccc5)c5ccc(-n6c7ccccc7c7ccccc76)cc5)c5ccccc45)c4ccccc34)cc21.Cc1ccc2c(-c3ccc(N(c4ccccc4)c4ccc(-n5c6ccccc6c6ccccc65)cc4)c4ccccc34)c3ccccc3c(-c3ccc4c(c3)C(C)(C)c3ccccc3-4)c2c1. The van der Waals surface area contributed by atoms with Gasteiger partial charge in [0.1, 0.15) is 0 Å². The Balaban J connectivity index is 0.000000141. The maximum atomic E-state index is 2.48. The van der Waals surface area contributed by atoms with E-state index in [1.54, 1.807) is 0 Å². The average molecular weight is 1670 g/mol. The van der Waals surface area contributed by atoms with Gasteiger partial charge in [0.2, 0.25) is 0 Å². The fraction of sp³-hybridized carbons (Fsp3) is 0.0551. The topological polar surface area (TPSA) is 16.3 Å². The molecule has 2 heterocycles. The molecule has 0 bridgehead atoms. The summed E-state index contributed by atoms with van der Waals surface area (Å²) in [6.45, 7) is 11.7. The molecule has 2 aliphatic rings. The molecule has 0 N–H and O–H groups in total. The fourth-order valence-electron chi connectivity index (χ4n) is 22.6. The molecule has 131 heavy (non-hydrogen) atoms.